The van der Waals surface area contributed by atoms with E-state index in [1.165, 1.54) is 23.1 Å². The highest BCUT2D eigenvalue weighted by molar-refractivity contribution is 9.10. The third-order valence-electron chi connectivity index (χ3n) is 4.91. The molecule has 0 aliphatic heterocycles. The van der Waals surface area contributed by atoms with Crippen LogP contribution in [0.1, 0.15) is 26.3 Å². The van der Waals surface area contributed by atoms with Crippen molar-refractivity contribution in [1.82, 2.24) is 10.2 Å². The lowest BCUT2D eigenvalue weighted by molar-refractivity contribution is -0.139. The van der Waals surface area contributed by atoms with E-state index in [2.05, 4.69) is 21.2 Å². The zero-order valence-electron chi connectivity index (χ0n) is 19.4. The molecule has 0 aromatic heterocycles. The summed E-state index contributed by atoms with van der Waals surface area (Å²) in [6.45, 7) is 5.60. The van der Waals surface area contributed by atoms with E-state index in [1.54, 1.807) is 6.92 Å². The fourth-order valence-corrected chi connectivity index (χ4v) is 4.96. The Hall–Kier alpha value is -1.81. The molecule has 0 heterocycles. The average molecular weight is 593 g/mol. The molecule has 186 valence electrons. The Morgan fingerprint density at radius 3 is 2.21 bits per heavy atom. The third kappa shape index (κ3) is 8.45. The zero-order chi connectivity index (χ0) is 25.6. The highest BCUT2D eigenvalue weighted by Crippen LogP contribution is 2.27. The van der Waals surface area contributed by atoms with Gasteiger partial charge in [0.15, 0.2) is 0 Å². The van der Waals surface area contributed by atoms with Crippen molar-refractivity contribution in [2.24, 2.45) is 5.92 Å². The van der Waals surface area contributed by atoms with Crippen LogP contribution in [0.25, 0.3) is 0 Å². The Bertz CT molecular complexity index is 1120. The molecule has 2 aromatic rings. The van der Waals surface area contributed by atoms with Gasteiger partial charge in [-0.1, -0.05) is 65.1 Å². The second-order valence-electron chi connectivity index (χ2n) is 8.36. The van der Waals surface area contributed by atoms with Crippen LogP contribution in [0.3, 0.4) is 0 Å². The molecule has 2 amide bonds. The van der Waals surface area contributed by atoms with Crippen molar-refractivity contribution in [3.8, 4) is 0 Å². The van der Waals surface area contributed by atoms with E-state index in [-0.39, 0.29) is 34.1 Å². The average Bonchev–Trinajstić information content (AvgIpc) is 2.71. The Balaban J connectivity index is 2.40. The van der Waals surface area contributed by atoms with Crippen molar-refractivity contribution in [1.29, 1.82) is 0 Å². The van der Waals surface area contributed by atoms with Gasteiger partial charge < -0.3 is 10.2 Å². The van der Waals surface area contributed by atoms with Crippen LogP contribution in [0, 0.1) is 5.92 Å². The third-order valence-corrected chi connectivity index (χ3v) is 6.98. The molecule has 1 atom stereocenters. The molecule has 0 bridgehead atoms. The van der Waals surface area contributed by atoms with Gasteiger partial charge in [0.2, 0.25) is 21.8 Å². The maximum Gasteiger partial charge on any atom is 0.244 e. The molecule has 0 fully saturated rings. The summed E-state index contributed by atoms with van der Waals surface area (Å²) in [7, 11) is -3.87. The maximum absolute atomic E-state index is 13.5. The summed E-state index contributed by atoms with van der Waals surface area (Å²) in [5, 5.41) is 3.30. The zero-order valence-corrected chi connectivity index (χ0v) is 23.3. The Morgan fingerprint density at radius 2 is 1.68 bits per heavy atom. The summed E-state index contributed by atoms with van der Waals surface area (Å²) >= 11 is 15.5. The van der Waals surface area contributed by atoms with Crippen LogP contribution >= 0.6 is 39.1 Å². The van der Waals surface area contributed by atoms with E-state index < -0.39 is 28.5 Å². The minimum atomic E-state index is -3.87. The number of nitrogens with zero attached hydrogens (tertiary/aromatic N) is 2. The number of amides is 2. The highest BCUT2D eigenvalue weighted by Gasteiger charge is 2.30. The second-order valence-corrected chi connectivity index (χ2v) is 12.1. The van der Waals surface area contributed by atoms with E-state index in [0.717, 1.165) is 20.6 Å². The van der Waals surface area contributed by atoms with Crippen LogP contribution in [0.15, 0.2) is 46.9 Å². The lowest BCUT2D eigenvalue weighted by atomic mass is 10.1. The summed E-state index contributed by atoms with van der Waals surface area (Å²) in [5.74, 6) is -0.638. The summed E-state index contributed by atoms with van der Waals surface area (Å²) in [6.07, 6.45) is 0.993. The quantitative estimate of drug-likeness (QED) is 0.433. The van der Waals surface area contributed by atoms with Crippen molar-refractivity contribution >= 4 is 66.7 Å². The molecule has 0 radical (unpaired) electrons. The number of hydrogen-bond acceptors (Lipinski definition) is 4. The summed E-state index contributed by atoms with van der Waals surface area (Å²) in [5.41, 5.74) is 0.940. The van der Waals surface area contributed by atoms with E-state index >= 15 is 0 Å². The van der Waals surface area contributed by atoms with Crippen LogP contribution in [0.5, 0.6) is 0 Å². The van der Waals surface area contributed by atoms with E-state index in [9.17, 15) is 18.0 Å². The predicted octanol–water partition coefficient (Wildman–Crippen LogP) is 4.71. The Morgan fingerprint density at radius 1 is 1.06 bits per heavy atom. The molecule has 2 aromatic carbocycles. The molecule has 11 heteroatoms. The number of benzene rings is 2. The summed E-state index contributed by atoms with van der Waals surface area (Å²) in [4.78, 5) is 27.7. The fraction of sp³-hybridized carbons (Fsp3) is 0.391. The van der Waals surface area contributed by atoms with Crippen molar-refractivity contribution in [2.75, 3.05) is 23.7 Å². The lowest BCUT2D eigenvalue weighted by Crippen LogP contribution is -2.51. The van der Waals surface area contributed by atoms with Gasteiger partial charge in [0.25, 0.3) is 0 Å². The first-order valence-corrected chi connectivity index (χ1v) is 13.9. The molecular weight excluding hydrogens is 565 g/mol. The van der Waals surface area contributed by atoms with Crippen LogP contribution in [0.4, 0.5) is 5.69 Å². The molecule has 2 rings (SSSR count). The molecule has 0 aliphatic carbocycles. The lowest BCUT2D eigenvalue weighted by Gasteiger charge is -2.31. The molecule has 0 spiro atoms. The molecule has 0 unspecified atom stereocenters. The first-order valence-electron chi connectivity index (χ1n) is 10.5. The maximum atomic E-state index is 13.5. The highest BCUT2D eigenvalue weighted by atomic mass is 79.9. The van der Waals surface area contributed by atoms with E-state index in [4.69, 9.17) is 23.2 Å². The molecule has 0 saturated heterocycles. The first kappa shape index (κ1) is 28.4. The van der Waals surface area contributed by atoms with Crippen molar-refractivity contribution in [3.05, 3.63) is 62.5 Å². The van der Waals surface area contributed by atoms with Gasteiger partial charge in [0.1, 0.15) is 12.6 Å². The van der Waals surface area contributed by atoms with Crippen LogP contribution in [-0.2, 0) is 26.2 Å². The van der Waals surface area contributed by atoms with Gasteiger partial charge in [0, 0.05) is 27.6 Å². The van der Waals surface area contributed by atoms with Gasteiger partial charge in [-0.25, -0.2) is 8.42 Å². The number of rotatable bonds is 10. The predicted molar refractivity (Wildman–Crippen MR) is 141 cm³/mol. The smallest absolute Gasteiger partial charge is 0.244 e. The number of sulfonamides is 1. The van der Waals surface area contributed by atoms with Gasteiger partial charge in [-0.15, -0.1) is 0 Å². The van der Waals surface area contributed by atoms with Gasteiger partial charge in [-0.3, -0.25) is 13.9 Å². The molecule has 34 heavy (non-hydrogen) atoms. The van der Waals surface area contributed by atoms with Gasteiger partial charge in [-0.05, 0) is 48.7 Å². The largest absolute Gasteiger partial charge is 0.354 e. The first-order chi connectivity index (χ1) is 15.8. The Kier molecular flexibility index (Phi) is 10.2. The number of halogens is 3. The minimum Gasteiger partial charge on any atom is -0.354 e. The topological polar surface area (TPSA) is 86.8 Å². The Labute approximate surface area is 219 Å². The number of hydrogen-bond donors (Lipinski definition) is 1. The fourth-order valence-electron chi connectivity index (χ4n) is 3.16. The van der Waals surface area contributed by atoms with Crippen LogP contribution in [0.2, 0.25) is 10.0 Å². The van der Waals surface area contributed by atoms with Crippen molar-refractivity contribution in [2.45, 2.75) is 33.4 Å². The van der Waals surface area contributed by atoms with Crippen molar-refractivity contribution < 1.29 is 18.0 Å². The van der Waals surface area contributed by atoms with Gasteiger partial charge in [0.05, 0.1) is 11.9 Å². The van der Waals surface area contributed by atoms with E-state index in [1.807, 2.05) is 38.1 Å². The van der Waals surface area contributed by atoms with Crippen molar-refractivity contribution in [3.63, 3.8) is 0 Å². The van der Waals surface area contributed by atoms with E-state index in [0.29, 0.717) is 6.54 Å². The molecule has 1 N–H and O–H groups in total. The number of carbonyl (C=O) groups is 2. The summed E-state index contributed by atoms with van der Waals surface area (Å²) in [6, 6.07) is 10.8. The molecular formula is C23H28BrCl2N3O4S. The second kappa shape index (κ2) is 12.2. The standard InChI is InChI=1S/C23H28BrCl2N3O4S/c1-15(2)12-27-23(31)16(3)28(13-17-6-5-7-18(24)8-17)22(30)14-29(34(4,32)33)21-10-19(25)9-20(26)11-21/h5-11,15-16H,12-14H2,1-4H3,(H,27,31)/t16-/m1/s1. The SMILES string of the molecule is CC(C)CNC(=O)[C@@H](C)N(Cc1cccc(Br)c1)C(=O)CN(c1cc(Cl)cc(Cl)c1)S(C)(=O)=O. The number of carbonyl (C=O) groups excluding carboxylic acids is 2. The molecule has 0 saturated carbocycles. The van der Waals surface area contributed by atoms with Crippen LogP contribution in [-0.4, -0.2) is 50.5 Å². The van der Waals surface area contributed by atoms with Gasteiger partial charge >= 0.3 is 0 Å². The van der Waals surface area contributed by atoms with Crippen LogP contribution < -0.4 is 9.62 Å². The summed E-state index contributed by atoms with van der Waals surface area (Å²) < 4.78 is 26.9. The minimum absolute atomic E-state index is 0.114. The number of anilines is 1. The molecule has 0 aliphatic rings. The monoisotopic (exact) mass is 591 g/mol. The van der Waals surface area contributed by atoms with Gasteiger partial charge in [-0.2, -0.15) is 0 Å². The normalized spacial score (nSPS) is 12.4. The molecule has 7 nitrogen and oxygen atoms in total. The number of nitrogens with one attached hydrogen (secondary N) is 1.